The third-order valence-electron chi connectivity index (χ3n) is 6.09. The first kappa shape index (κ1) is 22.3. The van der Waals surface area contributed by atoms with Crippen molar-refractivity contribution in [2.24, 2.45) is 0 Å². The average molecular weight is 435 g/mol. The van der Waals surface area contributed by atoms with Crippen molar-refractivity contribution in [3.63, 3.8) is 0 Å². The summed E-state index contributed by atoms with van der Waals surface area (Å²) < 4.78 is 11.3. The molecule has 0 spiro atoms. The van der Waals surface area contributed by atoms with Crippen molar-refractivity contribution in [2.75, 3.05) is 13.2 Å². The number of nitrogens with zero attached hydrogens (tertiary/aromatic N) is 2. The zero-order valence-corrected chi connectivity index (χ0v) is 18.9. The highest BCUT2D eigenvalue weighted by atomic mass is 16.6. The predicted octanol–water partition coefficient (Wildman–Crippen LogP) is 4.30. The Balaban J connectivity index is 1.48. The molecule has 0 aliphatic carbocycles. The molecule has 1 amide bonds. The molecule has 2 heterocycles. The minimum absolute atomic E-state index is 0.205. The van der Waals surface area contributed by atoms with Crippen LogP contribution in [0.15, 0.2) is 48.5 Å². The van der Waals surface area contributed by atoms with Gasteiger partial charge in [0, 0.05) is 6.42 Å². The summed E-state index contributed by atoms with van der Waals surface area (Å²) in [5.74, 6) is 0. The molecule has 2 aliphatic rings. The second-order valence-electron chi connectivity index (χ2n) is 9.90. The van der Waals surface area contributed by atoms with Crippen LogP contribution in [0, 0.1) is 11.3 Å². The molecule has 2 aromatic carbocycles. The number of aliphatic hydroxyl groups is 1. The van der Waals surface area contributed by atoms with Crippen LogP contribution in [-0.4, -0.2) is 52.6 Å². The maximum absolute atomic E-state index is 12.8. The molecule has 4 rings (SSSR count). The van der Waals surface area contributed by atoms with Gasteiger partial charge in [0.25, 0.3) is 0 Å². The molecule has 6 heteroatoms. The highest BCUT2D eigenvalue weighted by Crippen LogP contribution is 2.37. The molecule has 2 saturated heterocycles. The lowest BCUT2D eigenvalue weighted by atomic mass is 9.77. The standard InChI is InChI=1S/C26H30N2O4/c1-25(2,3)32-24(29)28-21-13-26(30,14-22(28)17-31-16-21)12-18-8-10-19(11-9-18)23-7-5-4-6-20(23)15-27/h4-11,21-22,30H,12-14,16-17H2,1-3H3. The average Bonchev–Trinajstić information content (AvgIpc) is 2.72. The van der Waals surface area contributed by atoms with E-state index in [1.54, 1.807) is 4.90 Å². The van der Waals surface area contributed by atoms with E-state index in [4.69, 9.17) is 9.47 Å². The summed E-state index contributed by atoms with van der Waals surface area (Å²) in [4.78, 5) is 14.5. The van der Waals surface area contributed by atoms with Gasteiger partial charge in [0.2, 0.25) is 0 Å². The topological polar surface area (TPSA) is 82.8 Å². The van der Waals surface area contributed by atoms with E-state index in [9.17, 15) is 15.2 Å². The number of hydrogen-bond acceptors (Lipinski definition) is 5. The minimum atomic E-state index is -0.913. The summed E-state index contributed by atoms with van der Waals surface area (Å²) in [7, 11) is 0. The van der Waals surface area contributed by atoms with Gasteiger partial charge in [-0.25, -0.2) is 4.79 Å². The lowest BCUT2D eigenvalue weighted by Crippen LogP contribution is -2.64. The van der Waals surface area contributed by atoms with Gasteiger partial charge in [0.1, 0.15) is 5.60 Å². The minimum Gasteiger partial charge on any atom is -0.444 e. The summed E-state index contributed by atoms with van der Waals surface area (Å²) in [6, 6.07) is 17.4. The van der Waals surface area contributed by atoms with Gasteiger partial charge in [0.05, 0.1) is 42.5 Å². The van der Waals surface area contributed by atoms with Gasteiger partial charge in [-0.05, 0) is 56.4 Å². The molecule has 32 heavy (non-hydrogen) atoms. The van der Waals surface area contributed by atoms with Crippen molar-refractivity contribution >= 4 is 6.09 Å². The second-order valence-corrected chi connectivity index (χ2v) is 9.90. The Morgan fingerprint density at radius 2 is 1.78 bits per heavy atom. The molecule has 2 unspecified atom stereocenters. The van der Waals surface area contributed by atoms with Crippen molar-refractivity contribution in [1.29, 1.82) is 5.26 Å². The predicted molar refractivity (Wildman–Crippen MR) is 121 cm³/mol. The van der Waals surface area contributed by atoms with Crippen molar-refractivity contribution in [1.82, 2.24) is 4.90 Å². The molecule has 0 saturated carbocycles. The highest BCUT2D eigenvalue weighted by molar-refractivity contribution is 5.71. The van der Waals surface area contributed by atoms with Crippen LogP contribution in [0.2, 0.25) is 0 Å². The lowest BCUT2D eigenvalue weighted by Gasteiger charge is -2.51. The molecule has 2 aliphatic heterocycles. The van der Waals surface area contributed by atoms with Crippen molar-refractivity contribution in [2.45, 2.75) is 63.3 Å². The highest BCUT2D eigenvalue weighted by Gasteiger charge is 2.49. The first-order valence-corrected chi connectivity index (χ1v) is 11.1. The first-order chi connectivity index (χ1) is 15.2. The fourth-order valence-corrected chi connectivity index (χ4v) is 4.85. The summed E-state index contributed by atoms with van der Waals surface area (Å²) in [6.07, 6.45) is 1.06. The van der Waals surface area contributed by atoms with Gasteiger partial charge >= 0.3 is 6.09 Å². The normalized spacial score (nSPS) is 25.2. The Hall–Kier alpha value is -2.88. The Morgan fingerprint density at radius 1 is 1.16 bits per heavy atom. The molecule has 168 valence electrons. The molecule has 0 radical (unpaired) electrons. The van der Waals surface area contributed by atoms with Crippen LogP contribution >= 0.6 is 0 Å². The zero-order chi connectivity index (χ0) is 22.9. The number of hydrogen-bond donors (Lipinski definition) is 1. The number of nitriles is 1. The lowest BCUT2D eigenvalue weighted by molar-refractivity contribution is -0.137. The summed E-state index contributed by atoms with van der Waals surface area (Å²) in [5.41, 5.74) is 2.06. The molecule has 2 aromatic rings. The SMILES string of the molecule is CC(C)(C)OC(=O)N1C2COCC1CC(O)(Cc1ccc(-c3ccccc3C#N)cc1)C2. The van der Waals surface area contributed by atoms with Crippen LogP contribution in [0.3, 0.4) is 0 Å². The molecule has 1 N–H and O–H groups in total. The number of ether oxygens (including phenoxy) is 2. The third-order valence-corrected chi connectivity index (χ3v) is 6.09. The number of morpholine rings is 1. The number of rotatable bonds is 3. The molecular weight excluding hydrogens is 404 g/mol. The van der Waals surface area contributed by atoms with Gasteiger partial charge in [-0.3, -0.25) is 4.90 Å². The third kappa shape index (κ3) is 4.79. The Morgan fingerprint density at radius 3 is 2.38 bits per heavy atom. The van der Waals surface area contributed by atoms with Crippen LogP contribution in [0.25, 0.3) is 11.1 Å². The largest absolute Gasteiger partial charge is 0.444 e. The van der Waals surface area contributed by atoms with Crippen LogP contribution in [0.4, 0.5) is 4.79 Å². The summed E-state index contributed by atoms with van der Waals surface area (Å²) in [6.45, 7) is 6.38. The van der Waals surface area contributed by atoms with E-state index < -0.39 is 11.2 Å². The molecular formula is C26H30N2O4. The zero-order valence-electron chi connectivity index (χ0n) is 18.9. The van der Waals surface area contributed by atoms with Gasteiger partial charge < -0.3 is 14.6 Å². The Bertz CT molecular complexity index is 1010. The second kappa shape index (κ2) is 8.57. The quantitative estimate of drug-likeness (QED) is 0.779. The first-order valence-electron chi connectivity index (χ1n) is 11.1. The van der Waals surface area contributed by atoms with Gasteiger partial charge in [-0.15, -0.1) is 0 Å². The maximum atomic E-state index is 12.8. The fraction of sp³-hybridized carbons (Fsp3) is 0.462. The van der Waals surface area contributed by atoms with E-state index in [1.807, 2.05) is 69.3 Å². The van der Waals surface area contributed by atoms with Gasteiger partial charge in [-0.1, -0.05) is 42.5 Å². The van der Waals surface area contributed by atoms with E-state index in [-0.39, 0.29) is 18.2 Å². The molecule has 2 atom stereocenters. The van der Waals surface area contributed by atoms with Crippen LogP contribution in [-0.2, 0) is 15.9 Å². The van der Waals surface area contributed by atoms with Gasteiger partial charge in [0.15, 0.2) is 0 Å². The molecule has 2 fully saturated rings. The number of amides is 1. The number of fused-ring (bicyclic) bond motifs is 2. The monoisotopic (exact) mass is 434 g/mol. The van der Waals surface area contributed by atoms with E-state index in [2.05, 4.69) is 6.07 Å². The number of carbonyl (C=O) groups excluding carboxylic acids is 1. The maximum Gasteiger partial charge on any atom is 0.410 e. The van der Waals surface area contributed by atoms with Crippen molar-refractivity contribution in [3.05, 3.63) is 59.7 Å². The number of piperidine rings is 1. The summed E-state index contributed by atoms with van der Waals surface area (Å²) in [5, 5.41) is 20.8. The van der Waals surface area contributed by atoms with E-state index in [0.29, 0.717) is 38.0 Å². The fourth-order valence-electron chi connectivity index (χ4n) is 4.85. The van der Waals surface area contributed by atoms with Crippen molar-refractivity contribution in [3.8, 4) is 17.2 Å². The molecule has 2 bridgehead atoms. The summed E-state index contributed by atoms with van der Waals surface area (Å²) >= 11 is 0. The smallest absolute Gasteiger partial charge is 0.410 e. The Kier molecular flexibility index (Phi) is 5.98. The van der Waals surface area contributed by atoms with Crippen LogP contribution in [0.1, 0.15) is 44.7 Å². The Labute approximate surface area is 189 Å². The number of carbonyl (C=O) groups is 1. The van der Waals surface area contributed by atoms with E-state index in [0.717, 1.165) is 16.7 Å². The molecule has 0 aromatic heterocycles. The van der Waals surface area contributed by atoms with E-state index >= 15 is 0 Å². The van der Waals surface area contributed by atoms with Gasteiger partial charge in [-0.2, -0.15) is 5.26 Å². The van der Waals surface area contributed by atoms with Crippen LogP contribution < -0.4 is 0 Å². The van der Waals surface area contributed by atoms with Crippen LogP contribution in [0.5, 0.6) is 0 Å². The van der Waals surface area contributed by atoms with E-state index in [1.165, 1.54) is 0 Å². The number of benzene rings is 2. The van der Waals surface area contributed by atoms with Crippen molar-refractivity contribution < 1.29 is 19.4 Å². The molecule has 6 nitrogen and oxygen atoms in total.